The molecule has 0 aliphatic heterocycles. The predicted molar refractivity (Wildman–Crippen MR) is 96.2 cm³/mol. The highest BCUT2D eigenvalue weighted by Gasteiger charge is 2.09. The number of anilines is 2. The van der Waals surface area contributed by atoms with Gasteiger partial charge >= 0.3 is 0 Å². The maximum Gasteiger partial charge on any atom is 0.175 e. The van der Waals surface area contributed by atoms with Gasteiger partial charge in [-0.3, -0.25) is 0 Å². The van der Waals surface area contributed by atoms with Crippen LogP contribution in [0.15, 0.2) is 48.5 Å². The number of rotatable bonds is 4. The van der Waals surface area contributed by atoms with Gasteiger partial charge in [-0.1, -0.05) is 49.7 Å². The molecule has 0 fully saturated rings. The Labute approximate surface area is 132 Å². The van der Waals surface area contributed by atoms with Crippen molar-refractivity contribution in [1.82, 2.24) is 0 Å². The Balaban J connectivity index is 2.07. The fraction of sp³-hybridized carbons (Fsp3) is 0.278. The van der Waals surface area contributed by atoms with Crippen molar-refractivity contribution in [3.8, 4) is 0 Å². The average molecular weight is 298 g/mol. The van der Waals surface area contributed by atoms with Crippen molar-refractivity contribution in [2.24, 2.45) is 0 Å². The molecule has 0 aromatic heterocycles. The van der Waals surface area contributed by atoms with Crippen molar-refractivity contribution in [2.75, 3.05) is 10.6 Å². The summed E-state index contributed by atoms with van der Waals surface area (Å²) >= 11 is 5.41. The summed E-state index contributed by atoms with van der Waals surface area (Å²) in [4.78, 5) is 0. The van der Waals surface area contributed by atoms with Crippen LogP contribution in [0.2, 0.25) is 0 Å². The molecule has 0 aliphatic carbocycles. The first-order chi connectivity index (χ1) is 10.1. The van der Waals surface area contributed by atoms with Gasteiger partial charge in [0.05, 0.1) is 0 Å². The van der Waals surface area contributed by atoms with E-state index in [1.807, 2.05) is 18.2 Å². The van der Waals surface area contributed by atoms with E-state index in [9.17, 15) is 0 Å². The Hall–Kier alpha value is -1.87. The second-order valence-electron chi connectivity index (χ2n) is 5.34. The molecule has 2 aromatic rings. The molecule has 21 heavy (non-hydrogen) atoms. The van der Waals surface area contributed by atoms with E-state index in [1.165, 1.54) is 11.1 Å². The lowest BCUT2D eigenvalue weighted by Crippen LogP contribution is -2.20. The first-order valence-corrected chi connectivity index (χ1v) is 7.74. The van der Waals surface area contributed by atoms with E-state index in [0.29, 0.717) is 11.0 Å². The highest BCUT2D eigenvalue weighted by molar-refractivity contribution is 7.80. The van der Waals surface area contributed by atoms with Crippen LogP contribution in [-0.2, 0) is 0 Å². The fourth-order valence-electron chi connectivity index (χ4n) is 2.18. The summed E-state index contributed by atoms with van der Waals surface area (Å²) in [6.07, 6.45) is 1.11. The lowest BCUT2D eigenvalue weighted by molar-refractivity contribution is 0.736. The van der Waals surface area contributed by atoms with Gasteiger partial charge in [-0.15, -0.1) is 0 Å². The van der Waals surface area contributed by atoms with Crippen LogP contribution in [0.4, 0.5) is 11.4 Å². The van der Waals surface area contributed by atoms with Crippen LogP contribution in [0.3, 0.4) is 0 Å². The van der Waals surface area contributed by atoms with Gasteiger partial charge in [0, 0.05) is 11.4 Å². The van der Waals surface area contributed by atoms with Crippen molar-refractivity contribution in [3.05, 3.63) is 59.7 Å². The normalized spacial score (nSPS) is 11.8. The lowest BCUT2D eigenvalue weighted by atomic mass is 9.97. The summed E-state index contributed by atoms with van der Waals surface area (Å²) < 4.78 is 0. The molecule has 2 N–H and O–H groups in total. The smallest absolute Gasteiger partial charge is 0.175 e. The zero-order valence-corrected chi connectivity index (χ0v) is 13.6. The van der Waals surface area contributed by atoms with E-state index in [2.05, 4.69) is 61.7 Å². The van der Waals surface area contributed by atoms with E-state index in [4.69, 9.17) is 12.2 Å². The van der Waals surface area contributed by atoms with Crippen LogP contribution in [0.25, 0.3) is 0 Å². The van der Waals surface area contributed by atoms with Crippen LogP contribution < -0.4 is 10.6 Å². The monoisotopic (exact) mass is 298 g/mol. The van der Waals surface area contributed by atoms with Crippen molar-refractivity contribution < 1.29 is 0 Å². The molecule has 0 spiro atoms. The number of thiocarbonyl (C=S) groups is 1. The molecular formula is C18H22N2S. The molecule has 0 heterocycles. The van der Waals surface area contributed by atoms with Crippen LogP contribution in [-0.4, -0.2) is 5.11 Å². The number of aryl methyl sites for hydroxylation is 1. The van der Waals surface area contributed by atoms with Crippen molar-refractivity contribution >= 4 is 28.7 Å². The first kappa shape index (κ1) is 15.5. The second-order valence-corrected chi connectivity index (χ2v) is 5.75. The minimum Gasteiger partial charge on any atom is -0.332 e. The Morgan fingerprint density at radius 3 is 2.38 bits per heavy atom. The Bertz CT molecular complexity index is 605. The summed E-state index contributed by atoms with van der Waals surface area (Å²) in [6.45, 7) is 6.50. The summed E-state index contributed by atoms with van der Waals surface area (Å²) in [5.74, 6) is 0.510. The molecule has 1 unspecified atom stereocenters. The van der Waals surface area contributed by atoms with Gasteiger partial charge in [0.1, 0.15) is 0 Å². The molecule has 0 saturated carbocycles. The topological polar surface area (TPSA) is 24.1 Å². The molecule has 1 atom stereocenters. The zero-order chi connectivity index (χ0) is 15.2. The van der Waals surface area contributed by atoms with E-state index in [-0.39, 0.29) is 0 Å². The molecular weight excluding hydrogens is 276 g/mol. The molecule has 0 aliphatic rings. The number of hydrogen-bond acceptors (Lipinski definition) is 1. The second kappa shape index (κ2) is 7.23. The minimum atomic E-state index is 0.510. The Morgan fingerprint density at radius 2 is 1.71 bits per heavy atom. The lowest BCUT2D eigenvalue weighted by Gasteiger charge is -2.17. The average Bonchev–Trinajstić information content (AvgIpc) is 2.49. The van der Waals surface area contributed by atoms with Gasteiger partial charge in [0.15, 0.2) is 5.11 Å². The fourth-order valence-corrected chi connectivity index (χ4v) is 2.41. The third-order valence-corrected chi connectivity index (χ3v) is 3.87. The summed E-state index contributed by atoms with van der Waals surface area (Å²) in [7, 11) is 0. The highest BCUT2D eigenvalue weighted by atomic mass is 32.1. The van der Waals surface area contributed by atoms with E-state index in [1.54, 1.807) is 0 Å². The molecule has 0 amide bonds. The van der Waals surface area contributed by atoms with E-state index < -0.39 is 0 Å². The van der Waals surface area contributed by atoms with Gasteiger partial charge in [-0.25, -0.2) is 0 Å². The summed E-state index contributed by atoms with van der Waals surface area (Å²) in [5, 5.41) is 7.15. The first-order valence-electron chi connectivity index (χ1n) is 7.33. The van der Waals surface area contributed by atoms with Crippen LogP contribution in [0.1, 0.15) is 37.3 Å². The minimum absolute atomic E-state index is 0.510. The van der Waals surface area contributed by atoms with E-state index in [0.717, 1.165) is 17.8 Å². The molecule has 2 rings (SSSR count). The van der Waals surface area contributed by atoms with Gasteiger partial charge in [0.2, 0.25) is 0 Å². The maximum absolute atomic E-state index is 5.41. The SMILES string of the molecule is CCC(C)c1ccccc1NC(=S)Nc1ccc(C)cc1. The maximum atomic E-state index is 5.41. The third kappa shape index (κ3) is 4.30. The largest absolute Gasteiger partial charge is 0.332 e. The van der Waals surface area contributed by atoms with Crippen molar-refractivity contribution in [2.45, 2.75) is 33.1 Å². The van der Waals surface area contributed by atoms with E-state index >= 15 is 0 Å². The van der Waals surface area contributed by atoms with Gasteiger partial charge in [-0.2, -0.15) is 0 Å². The standard InChI is InChI=1S/C18H22N2S/c1-4-14(3)16-7-5-6-8-17(16)20-18(21)19-15-11-9-13(2)10-12-15/h5-12,14H,4H2,1-3H3,(H2,19,20,21). The van der Waals surface area contributed by atoms with Crippen LogP contribution >= 0.6 is 12.2 Å². The van der Waals surface area contributed by atoms with Crippen LogP contribution in [0, 0.1) is 6.92 Å². The molecule has 2 aromatic carbocycles. The number of hydrogen-bond donors (Lipinski definition) is 2. The van der Waals surface area contributed by atoms with Gasteiger partial charge < -0.3 is 10.6 Å². The third-order valence-electron chi connectivity index (χ3n) is 3.66. The molecule has 0 radical (unpaired) electrons. The van der Waals surface area contributed by atoms with Crippen molar-refractivity contribution in [1.29, 1.82) is 0 Å². The molecule has 2 nitrogen and oxygen atoms in total. The van der Waals surface area contributed by atoms with Gasteiger partial charge in [-0.05, 0) is 55.2 Å². The predicted octanol–water partition coefficient (Wildman–Crippen LogP) is 5.32. The summed E-state index contributed by atoms with van der Waals surface area (Å²) in [6, 6.07) is 16.5. The van der Waals surface area contributed by atoms with Crippen molar-refractivity contribution in [3.63, 3.8) is 0 Å². The number of nitrogens with one attached hydrogen (secondary N) is 2. The summed E-state index contributed by atoms with van der Waals surface area (Å²) in [5.41, 5.74) is 4.62. The molecule has 3 heteroatoms. The zero-order valence-electron chi connectivity index (χ0n) is 12.8. The molecule has 0 saturated heterocycles. The molecule has 0 bridgehead atoms. The Morgan fingerprint density at radius 1 is 1.05 bits per heavy atom. The van der Waals surface area contributed by atoms with Crippen LogP contribution in [0.5, 0.6) is 0 Å². The number of benzene rings is 2. The number of para-hydroxylation sites is 1. The molecule has 110 valence electrons. The highest BCUT2D eigenvalue weighted by Crippen LogP contribution is 2.26. The Kier molecular flexibility index (Phi) is 5.34. The van der Waals surface area contributed by atoms with Gasteiger partial charge in [0.25, 0.3) is 0 Å². The quantitative estimate of drug-likeness (QED) is 0.747.